The van der Waals surface area contributed by atoms with Crippen molar-refractivity contribution in [3.63, 3.8) is 0 Å². The maximum Gasteiger partial charge on any atom is 2.00 e. The first-order valence-electron chi connectivity index (χ1n) is 5.66. The van der Waals surface area contributed by atoms with Crippen LogP contribution < -0.4 is 121 Å². The second kappa shape index (κ2) is 125. The SMILES string of the molecule is [O-]B([O-])[O-].[O-]B([O-])[O-].[O-]B([O-])[O-].[O-]B([O-])[O-].[O-]B([O-])[O-].[O-]B([O-])[O-].[O-]B([O-])[O-].[O-]B([O-])[O-].[Zn+2].[Zn+2].[Zn+2].[Zn+2].[Zn+2].[Zn+2].[Zn+2].[Zn+2].[Zn+2].[Zn+2].[Zn+2].[Zn+2]. The molecule has 0 aliphatic heterocycles. The maximum atomic E-state index is 8.42. The monoisotopic (exact) mass is 1240 g/mol. The minimum atomic E-state index is -2.92. The third kappa shape index (κ3) is 2280. The van der Waals surface area contributed by atoms with Crippen LogP contribution in [0.2, 0.25) is 0 Å². The standard InChI is InChI=1S/8BO3.12Zn/c8*2-1(3)4;;;;;;;;;;;;/q8*-3;12*+2. The molecule has 0 heterocycles. The molecular weight excluding hydrogens is 1260 g/mol. The number of hydrogen-bond donors (Lipinski definition) is 0. The van der Waals surface area contributed by atoms with E-state index in [9.17, 15) is 0 Å². The van der Waals surface area contributed by atoms with Crippen LogP contribution in [-0.2, 0) is 234 Å². The van der Waals surface area contributed by atoms with Gasteiger partial charge < -0.3 is 121 Å². The second-order valence-corrected chi connectivity index (χ2v) is 2.31. The summed E-state index contributed by atoms with van der Waals surface area (Å²) < 4.78 is 0. The molecule has 0 aliphatic carbocycles. The first-order valence-corrected chi connectivity index (χ1v) is 5.66. The molecule has 192 valence electrons. The van der Waals surface area contributed by atoms with Crippen molar-refractivity contribution < 1.29 is 354 Å². The van der Waals surface area contributed by atoms with Crippen LogP contribution in [0.1, 0.15) is 0 Å². The van der Waals surface area contributed by atoms with Crippen molar-refractivity contribution in [3.05, 3.63) is 0 Å². The summed E-state index contributed by atoms with van der Waals surface area (Å²) in [6, 6.07) is 0. The van der Waals surface area contributed by atoms with Crippen LogP contribution in [0.5, 0.6) is 0 Å². The van der Waals surface area contributed by atoms with Crippen molar-refractivity contribution in [1.82, 2.24) is 0 Å². The summed E-state index contributed by atoms with van der Waals surface area (Å²) in [7, 11) is -23.3. The van der Waals surface area contributed by atoms with Gasteiger partial charge in [0.15, 0.2) is 0 Å². The van der Waals surface area contributed by atoms with Gasteiger partial charge in [-0.05, 0) is 0 Å². The average Bonchev–Trinajstić information content (AvgIpc) is 2.30. The quantitative estimate of drug-likeness (QED) is 0.203. The summed E-state index contributed by atoms with van der Waals surface area (Å²) >= 11 is 0. The molecule has 0 fully saturated rings. The van der Waals surface area contributed by atoms with E-state index in [1.807, 2.05) is 0 Å². The largest absolute Gasteiger partial charge is 2.00 e. The van der Waals surface area contributed by atoms with Gasteiger partial charge in [0.2, 0.25) is 0 Å². The van der Waals surface area contributed by atoms with E-state index < -0.39 is 58.6 Å². The fraction of sp³-hybridized carbons (Fsp3) is 0. The molecule has 0 N–H and O–H groups in total. The van der Waals surface area contributed by atoms with Gasteiger partial charge in [0.05, 0.1) is 0 Å². The van der Waals surface area contributed by atoms with Crippen molar-refractivity contribution in [1.29, 1.82) is 0 Å². The Morgan fingerprint density at radius 1 is 0.114 bits per heavy atom. The molecule has 0 spiro atoms. The van der Waals surface area contributed by atoms with Crippen LogP contribution in [0, 0.1) is 0 Å². The Bertz CT molecular complexity index is 173. The molecule has 44 heteroatoms. The second-order valence-electron chi connectivity index (χ2n) is 2.31. The zero-order valence-electron chi connectivity index (χ0n) is 22.9. The topological polar surface area (TPSA) is 553 Å². The molecule has 0 aromatic heterocycles. The van der Waals surface area contributed by atoms with Crippen LogP contribution in [0.4, 0.5) is 0 Å². The summed E-state index contributed by atoms with van der Waals surface area (Å²) in [6.45, 7) is 0. The van der Waals surface area contributed by atoms with Gasteiger partial charge in [-0.15, -0.1) is 0 Å². The van der Waals surface area contributed by atoms with Crippen LogP contribution in [-0.4, -0.2) is 58.6 Å². The molecule has 0 bridgehead atoms. The van der Waals surface area contributed by atoms with E-state index in [-0.39, 0.29) is 234 Å². The molecule has 0 atom stereocenters. The predicted octanol–water partition coefficient (Wildman–Crippen LogP) is -31.6. The van der Waals surface area contributed by atoms with Gasteiger partial charge in [0, 0.05) is 0 Å². The summed E-state index contributed by atoms with van der Waals surface area (Å²) in [6.07, 6.45) is 0. The van der Waals surface area contributed by atoms with Crippen LogP contribution in [0.25, 0.3) is 0 Å². The van der Waals surface area contributed by atoms with E-state index in [0.29, 0.717) is 0 Å². The Balaban J connectivity index is -0.00000000800. The molecular formula is B8O24Zn12. The van der Waals surface area contributed by atoms with E-state index >= 15 is 0 Å². The van der Waals surface area contributed by atoms with Crippen LogP contribution in [0.15, 0.2) is 0 Å². The average molecular weight is 1260 g/mol. The smallest absolute Gasteiger partial charge is 0.907 e. The third-order valence-electron chi connectivity index (χ3n) is 0. The third-order valence-corrected chi connectivity index (χ3v) is 0. The van der Waals surface area contributed by atoms with Gasteiger partial charge in [-0.1, -0.05) is 0 Å². The van der Waals surface area contributed by atoms with E-state index in [4.69, 9.17) is 121 Å². The molecule has 0 aromatic rings. The molecule has 0 saturated carbocycles. The van der Waals surface area contributed by atoms with Crippen LogP contribution >= 0.6 is 0 Å². The minimum absolute atomic E-state index is 0. The molecule has 0 saturated heterocycles. The van der Waals surface area contributed by atoms with E-state index in [0.717, 1.165) is 0 Å². The van der Waals surface area contributed by atoms with Gasteiger partial charge in [-0.2, -0.15) is 0 Å². The maximum absolute atomic E-state index is 8.42. The van der Waals surface area contributed by atoms with Gasteiger partial charge in [0.1, 0.15) is 0 Å². The van der Waals surface area contributed by atoms with E-state index in [2.05, 4.69) is 0 Å². The van der Waals surface area contributed by atoms with Gasteiger partial charge in [-0.3, -0.25) is 58.6 Å². The Morgan fingerprint density at radius 3 is 0.114 bits per heavy atom. The Morgan fingerprint density at radius 2 is 0.114 bits per heavy atom. The van der Waals surface area contributed by atoms with Crippen molar-refractivity contribution >= 4 is 58.6 Å². The van der Waals surface area contributed by atoms with Crippen LogP contribution in [0.3, 0.4) is 0 Å². The predicted molar refractivity (Wildman–Crippen MR) is 46.0 cm³/mol. The zero-order chi connectivity index (χ0) is 28.6. The number of hydrogen-bond acceptors (Lipinski definition) is 24. The van der Waals surface area contributed by atoms with E-state index in [1.165, 1.54) is 0 Å². The molecule has 0 unspecified atom stereocenters. The molecule has 0 aliphatic rings. The van der Waals surface area contributed by atoms with Gasteiger partial charge in [-0.25, -0.2) is 0 Å². The first-order chi connectivity index (χ1) is 13.9. The Labute approximate surface area is 406 Å². The van der Waals surface area contributed by atoms with Crippen molar-refractivity contribution in [2.24, 2.45) is 0 Å². The summed E-state index contributed by atoms with van der Waals surface area (Å²) in [5, 5.41) is 202. The first kappa shape index (κ1) is 133. The molecule has 0 amide bonds. The van der Waals surface area contributed by atoms with Gasteiger partial charge >= 0.3 is 234 Å². The summed E-state index contributed by atoms with van der Waals surface area (Å²) in [5.41, 5.74) is 0. The minimum Gasteiger partial charge on any atom is -0.907 e. The Hall–Kier alpha value is 7.04. The fourth-order valence-electron chi connectivity index (χ4n) is 0. The normalized spacial score (nSPS) is 4.91. The Kier molecular flexibility index (Phi) is 377. The van der Waals surface area contributed by atoms with Crippen molar-refractivity contribution in [3.8, 4) is 0 Å². The van der Waals surface area contributed by atoms with E-state index in [1.54, 1.807) is 0 Å². The molecule has 0 aromatic carbocycles. The number of rotatable bonds is 0. The zero-order valence-corrected chi connectivity index (χ0v) is 58.5. The molecule has 0 radical (unpaired) electrons. The van der Waals surface area contributed by atoms with Crippen molar-refractivity contribution in [2.45, 2.75) is 0 Å². The summed E-state index contributed by atoms with van der Waals surface area (Å²) in [4.78, 5) is 0. The fourth-order valence-corrected chi connectivity index (χ4v) is 0. The molecule has 24 nitrogen and oxygen atoms in total. The summed E-state index contributed by atoms with van der Waals surface area (Å²) in [5.74, 6) is 0. The van der Waals surface area contributed by atoms with Gasteiger partial charge in [0.25, 0.3) is 0 Å². The molecule has 44 heavy (non-hydrogen) atoms. The van der Waals surface area contributed by atoms with Crippen molar-refractivity contribution in [2.75, 3.05) is 0 Å². The molecule has 0 rings (SSSR count).